The molecule has 0 aliphatic rings. The van der Waals surface area contributed by atoms with Crippen LogP contribution in [0.4, 0.5) is 5.69 Å². The zero-order valence-electron chi connectivity index (χ0n) is 20.2. The smallest absolute Gasteiger partial charge is 0.260 e. The lowest BCUT2D eigenvalue weighted by molar-refractivity contribution is -0.119. The van der Waals surface area contributed by atoms with E-state index in [1.165, 1.54) is 17.2 Å². The first kappa shape index (κ1) is 25.5. The van der Waals surface area contributed by atoms with Gasteiger partial charge in [-0.1, -0.05) is 23.7 Å². The van der Waals surface area contributed by atoms with Crippen LogP contribution in [0.1, 0.15) is 33.6 Å². The number of anilines is 1. The number of nitrogens with zero attached hydrogens (tertiary/aromatic N) is 3. The second-order valence-corrected chi connectivity index (χ2v) is 10.7. The average molecular weight is 501 g/mol. The van der Waals surface area contributed by atoms with Gasteiger partial charge in [-0.2, -0.15) is 5.10 Å². The Morgan fingerprint density at radius 1 is 1.03 bits per heavy atom. The van der Waals surface area contributed by atoms with E-state index in [2.05, 4.69) is 47.1 Å². The van der Waals surface area contributed by atoms with Gasteiger partial charge in [0.25, 0.3) is 5.91 Å². The highest BCUT2D eigenvalue weighted by Gasteiger charge is 2.21. The largest absolute Gasteiger partial charge is 0.318 e. The fourth-order valence-electron chi connectivity index (χ4n) is 3.66. The van der Waals surface area contributed by atoms with Crippen molar-refractivity contribution in [1.29, 1.82) is 0 Å². The Bertz CT molecular complexity index is 1380. The molecular formula is C25H29ClN4O3S. The molecule has 0 unspecified atom stereocenters. The first-order valence-corrected chi connectivity index (χ1v) is 12.9. The lowest BCUT2D eigenvalue weighted by Crippen LogP contribution is -2.39. The van der Waals surface area contributed by atoms with Gasteiger partial charge in [-0.15, -0.1) is 0 Å². The highest BCUT2D eigenvalue weighted by molar-refractivity contribution is 7.92. The molecular weight excluding hydrogens is 472 g/mol. The molecule has 7 nitrogen and oxygen atoms in total. The predicted octanol–water partition coefficient (Wildman–Crippen LogP) is 4.59. The number of benzene rings is 2. The Balaban J connectivity index is 1.76. The van der Waals surface area contributed by atoms with Crippen LogP contribution in [0.2, 0.25) is 5.02 Å². The van der Waals surface area contributed by atoms with E-state index in [1.807, 2.05) is 26.8 Å². The molecule has 9 heteroatoms. The van der Waals surface area contributed by atoms with E-state index in [0.717, 1.165) is 38.8 Å². The topological polar surface area (TPSA) is 83.8 Å². The summed E-state index contributed by atoms with van der Waals surface area (Å²) in [5, 5.41) is 4.48. The van der Waals surface area contributed by atoms with Crippen molar-refractivity contribution in [3.05, 3.63) is 81.1 Å². The summed E-state index contributed by atoms with van der Waals surface area (Å²) in [6.45, 7) is 9.54. The molecule has 34 heavy (non-hydrogen) atoms. The summed E-state index contributed by atoms with van der Waals surface area (Å²) >= 11 is 6.14. The van der Waals surface area contributed by atoms with Crippen molar-refractivity contribution in [2.24, 2.45) is 5.10 Å². The molecule has 0 aliphatic heterocycles. The van der Waals surface area contributed by atoms with Gasteiger partial charge in [0.05, 0.1) is 18.2 Å². The summed E-state index contributed by atoms with van der Waals surface area (Å²) in [4.78, 5) is 12.5. The number of sulfonamides is 1. The van der Waals surface area contributed by atoms with E-state index in [9.17, 15) is 13.2 Å². The molecule has 3 aromatic rings. The monoisotopic (exact) mass is 500 g/mol. The van der Waals surface area contributed by atoms with Crippen LogP contribution in [0.25, 0.3) is 5.69 Å². The number of aromatic nitrogens is 1. The molecule has 0 saturated heterocycles. The SMILES string of the molecule is Cc1ccc(-n2c(C)cc(/C=N\NC(=O)CN(c3ccc(C)c(Cl)c3)S(C)(=O)=O)c2C)cc1C. The number of carbonyl (C=O) groups is 1. The lowest BCUT2D eigenvalue weighted by Gasteiger charge is -2.21. The van der Waals surface area contributed by atoms with Crippen molar-refractivity contribution in [3.8, 4) is 5.69 Å². The first-order valence-electron chi connectivity index (χ1n) is 10.7. The highest BCUT2D eigenvalue weighted by Crippen LogP contribution is 2.25. The van der Waals surface area contributed by atoms with Crippen molar-refractivity contribution in [3.63, 3.8) is 0 Å². The van der Waals surface area contributed by atoms with Crippen LogP contribution in [0, 0.1) is 34.6 Å². The number of nitrogens with one attached hydrogen (secondary N) is 1. The summed E-state index contributed by atoms with van der Waals surface area (Å²) < 4.78 is 27.7. The minimum Gasteiger partial charge on any atom is -0.318 e. The van der Waals surface area contributed by atoms with Crippen LogP contribution >= 0.6 is 11.6 Å². The van der Waals surface area contributed by atoms with Gasteiger partial charge >= 0.3 is 0 Å². The zero-order chi connectivity index (χ0) is 25.2. The zero-order valence-corrected chi connectivity index (χ0v) is 21.8. The Labute approximate surface area is 206 Å². The molecule has 3 rings (SSSR count). The third-order valence-corrected chi connectivity index (χ3v) is 7.29. The number of rotatable bonds is 7. The fraction of sp³-hybridized carbons (Fsp3) is 0.280. The minimum absolute atomic E-state index is 0.314. The number of carbonyl (C=O) groups excluding carboxylic acids is 1. The van der Waals surface area contributed by atoms with Gasteiger partial charge in [-0.3, -0.25) is 9.10 Å². The van der Waals surface area contributed by atoms with E-state index < -0.39 is 22.5 Å². The number of amides is 1. The van der Waals surface area contributed by atoms with E-state index in [-0.39, 0.29) is 0 Å². The summed E-state index contributed by atoms with van der Waals surface area (Å²) in [7, 11) is -3.71. The van der Waals surface area contributed by atoms with E-state index in [4.69, 9.17) is 11.6 Å². The molecule has 2 aromatic carbocycles. The number of aryl methyl sites for hydroxylation is 4. The maximum Gasteiger partial charge on any atom is 0.260 e. The normalized spacial score (nSPS) is 11.7. The molecule has 1 amide bonds. The molecule has 0 fully saturated rings. The molecule has 0 saturated carbocycles. The van der Waals surface area contributed by atoms with Crippen LogP contribution in [-0.2, 0) is 14.8 Å². The third-order valence-electron chi connectivity index (χ3n) is 5.74. The Kier molecular flexibility index (Phi) is 7.53. The first-order chi connectivity index (χ1) is 15.9. The van der Waals surface area contributed by atoms with Gasteiger partial charge in [-0.25, -0.2) is 13.8 Å². The van der Waals surface area contributed by atoms with E-state index >= 15 is 0 Å². The molecule has 1 heterocycles. The lowest BCUT2D eigenvalue weighted by atomic mass is 10.1. The van der Waals surface area contributed by atoms with Gasteiger partial charge in [0, 0.05) is 27.7 Å². The molecule has 0 aliphatic carbocycles. The Morgan fingerprint density at radius 2 is 1.71 bits per heavy atom. The van der Waals surface area contributed by atoms with Crippen molar-refractivity contribution in [1.82, 2.24) is 9.99 Å². The average Bonchev–Trinajstić information content (AvgIpc) is 3.03. The van der Waals surface area contributed by atoms with Crippen molar-refractivity contribution in [2.75, 3.05) is 17.1 Å². The molecule has 0 atom stereocenters. The van der Waals surface area contributed by atoms with Crippen molar-refractivity contribution >= 4 is 39.4 Å². The van der Waals surface area contributed by atoms with E-state index in [1.54, 1.807) is 18.3 Å². The van der Waals surface area contributed by atoms with Gasteiger partial charge in [0.1, 0.15) is 6.54 Å². The standard InChI is InChI=1S/C25H29ClN4O3S/c1-16-7-10-23(11-18(16)3)30-19(4)12-21(20(30)5)14-27-28-25(31)15-29(34(6,32)33)22-9-8-17(2)24(26)13-22/h7-14H,15H2,1-6H3,(H,28,31)/b27-14-. The second-order valence-electron chi connectivity index (χ2n) is 8.43. The maximum absolute atomic E-state index is 12.5. The van der Waals surface area contributed by atoms with Crippen LogP contribution in [-0.4, -0.2) is 37.9 Å². The molecule has 0 spiro atoms. The number of hydrogen-bond donors (Lipinski definition) is 1. The molecule has 1 aromatic heterocycles. The van der Waals surface area contributed by atoms with Crippen LogP contribution in [0.5, 0.6) is 0 Å². The molecule has 0 bridgehead atoms. The summed E-state index contributed by atoms with van der Waals surface area (Å²) in [6.07, 6.45) is 2.60. The van der Waals surface area contributed by atoms with Crippen molar-refractivity contribution < 1.29 is 13.2 Å². The summed E-state index contributed by atoms with van der Waals surface area (Å²) in [5.74, 6) is -0.568. The van der Waals surface area contributed by atoms with Gasteiger partial charge < -0.3 is 4.57 Å². The third kappa shape index (κ3) is 5.69. The number of hydrogen-bond acceptors (Lipinski definition) is 4. The highest BCUT2D eigenvalue weighted by atomic mass is 35.5. The van der Waals surface area contributed by atoms with Gasteiger partial charge in [0.15, 0.2) is 0 Å². The summed E-state index contributed by atoms with van der Waals surface area (Å²) in [5.41, 5.74) is 9.90. The summed E-state index contributed by atoms with van der Waals surface area (Å²) in [6, 6.07) is 13.1. The number of halogens is 1. The predicted molar refractivity (Wildman–Crippen MR) is 139 cm³/mol. The molecule has 180 valence electrons. The van der Waals surface area contributed by atoms with Crippen LogP contribution in [0.3, 0.4) is 0 Å². The number of hydrazone groups is 1. The Morgan fingerprint density at radius 3 is 2.32 bits per heavy atom. The second kappa shape index (κ2) is 10.0. The minimum atomic E-state index is -3.71. The maximum atomic E-state index is 12.5. The van der Waals surface area contributed by atoms with E-state index in [0.29, 0.717) is 10.7 Å². The molecule has 0 radical (unpaired) electrons. The van der Waals surface area contributed by atoms with Crippen LogP contribution in [0.15, 0.2) is 47.6 Å². The van der Waals surface area contributed by atoms with Gasteiger partial charge in [0.2, 0.25) is 10.0 Å². The fourth-order valence-corrected chi connectivity index (χ4v) is 4.68. The Hall–Kier alpha value is -3.10. The quantitative estimate of drug-likeness (QED) is 0.380. The molecule has 1 N–H and O–H groups in total. The van der Waals surface area contributed by atoms with Gasteiger partial charge in [-0.05, 0) is 81.6 Å². The van der Waals surface area contributed by atoms with Crippen molar-refractivity contribution in [2.45, 2.75) is 34.6 Å². The van der Waals surface area contributed by atoms with Crippen LogP contribution < -0.4 is 9.73 Å².